The van der Waals surface area contributed by atoms with E-state index in [0.717, 1.165) is 5.56 Å². The molecule has 1 amide bonds. The second-order valence-corrected chi connectivity index (χ2v) is 5.68. The predicted molar refractivity (Wildman–Crippen MR) is 81.1 cm³/mol. The highest BCUT2D eigenvalue weighted by atomic mass is 16.6. The van der Waals surface area contributed by atoms with E-state index in [4.69, 9.17) is 14.5 Å². The van der Waals surface area contributed by atoms with Crippen molar-refractivity contribution in [3.8, 4) is 17.2 Å². The molecule has 0 saturated heterocycles. The molecular weight excluding hydrogens is 282 g/mol. The van der Waals surface area contributed by atoms with Gasteiger partial charge in [-0.1, -0.05) is 23.4 Å². The van der Waals surface area contributed by atoms with Crippen LogP contribution in [0.25, 0.3) is 11.1 Å². The van der Waals surface area contributed by atoms with Crippen LogP contribution in [0.3, 0.4) is 0 Å². The van der Waals surface area contributed by atoms with Crippen LogP contribution in [0.1, 0.15) is 26.5 Å². The number of nitrogens with zero attached hydrogens (tertiary/aromatic N) is 2. The molecule has 0 bridgehead atoms. The van der Waals surface area contributed by atoms with Gasteiger partial charge in [0.05, 0.1) is 18.2 Å². The van der Waals surface area contributed by atoms with E-state index in [0.29, 0.717) is 16.9 Å². The van der Waals surface area contributed by atoms with Crippen molar-refractivity contribution >= 4 is 11.8 Å². The quantitative estimate of drug-likeness (QED) is 0.932. The largest absolute Gasteiger partial charge is 0.444 e. The molecule has 0 aliphatic carbocycles. The van der Waals surface area contributed by atoms with Gasteiger partial charge in [0.2, 0.25) is 0 Å². The molecule has 1 aromatic heterocycles. The van der Waals surface area contributed by atoms with Gasteiger partial charge in [-0.3, -0.25) is 5.32 Å². The number of aromatic nitrogens is 1. The average molecular weight is 299 g/mol. The van der Waals surface area contributed by atoms with Crippen molar-refractivity contribution < 1.29 is 14.1 Å². The van der Waals surface area contributed by atoms with Crippen LogP contribution in [0, 0.1) is 11.3 Å². The molecule has 0 spiro atoms. The lowest BCUT2D eigenvalue weighted by Gasteiger charge is -2.20. The molecule has 1 heterocycles. The van der Waals surface area contributed by atoms with E-state index >= 15 is 0 Å². The minimum atomic E-state index is -0.581. The van der Waals surface area contributed by atoms with Gasteiger partial charge in [-0.2, -0.15) is 5.26 Å². The second kappa shape index (κ2) is 6.31. The Kier molecular flexibility index (Phi) is 4.47. The number of anilines is 1. The van der Waals surface area contributed by atoms with E-state index in [9.17, 15) is 4.79 Å². The Bertz CT molecular complexity index is 708. The third-order valence-electron chi connectivity index (χ3n) is 2.74. The normalized spacial score (nSPS) is 10.8. The lowest BCUT2D eigenvalue weighted by Crippen LogP contribution is -2.27. The van der Waals surface area contributed by atoms with Gasteiger partial charge < -0.3 is 9.26 Å². The molecule has 0 saturated carbocycles. The van der Waals surface area contributed by atoms with Gasteiger partial charge in [-0.15, -0.1) is 0 Å². The summed E-state index contributed by atoms with van der Waals surface area (Å²) in [5.41, 5.74) is 1.91. The Hall–Kier alpha value is -2.81. The fourth-order valence-corrected chi connectivity index (χ4v) is 1.92. The van der Waals surface area contributed by atoms with Crippen LogP contribution in [-0.4, -0.2) is 16.9 Å². The van der Waals surface area contributed by atoms with Gasteiger partial charge in [0.1, 0.15) is 17.6 Å². The maximum absolute atomic E-state index is 11.9. The van der Waals surface area contributed by atoms with Crippen molar-refractivity contribution in [3.63, 3.8) is 0 Å². The molecule has 0 fully saturated rings. The summed E-state index contributed by atoms with van der Waals surface area (Å²) < 4.78 is 10.2. The molecule has 22 heavy (non-hydrogen) atoms. The monoisotopic (exact) mass is 299 g/mol. The Labute approximate surface area is 128 Å². The maximum atomic E-state index is 11.9. The molecule has 2 rings (SSSR count). The van der Waals surface area contributed by atoms with E-state index in [1.165, 1.54) is 6.26 Å². The van der Waals surface area contributed by atoms with E-state index in [2.05, 4.69) is 10.5 Å². The summed E-state index contributed by atoms with van der Waals surface area (Å²) in [6.45, 7) is 5.39. The molecule has 1 N–H and O–H groups in total. The number of amides is 1. The van der Waals surface area contributed by atoms with Gasteiger partial charge in [-0.05, 0) is 26.8 Å². The molecule has 0 unspecified atom stereocenters. The van der Waals surface area contributed by atoms with Crippen molar-refractivity contribution in [3.05, 3.63) is 36.2 Å². The van der Waals surface area contributed by atoms with Gasteiger partial charge in [0.25, 0.3) is 0 Å². The first kappa shape index (κ1) is 15.6. The number of benzene rings is 1. The smallest absolute Gasteiger partial charge is 0.412 e. The maximum Gasteiger partial charge on any atom is 0.412 e. The number of ether oxygens (including phenoxy) is 1. The average Bonchev–Trinajstić information content (AvgIpc) is 2.85. The molecule has 2 aromatic rings. The van der Waals surface area contributed by atoms with Gasteiger partial charge in [0, 0.05) is 11.1 Å². The van der Waals surface area contributed by atoms with Crippen molar-refractivity contribution in [1.82, 2.24) is 5.16 Å². The zero-order valence-corrected chi connectivity index (χ0v) is 12.7. The van der Waals surface area contributed by atoms with Crippen molar-refractivity contribution in [2.75, 3.05) is 5.32 Å². The molecule has 6 nitrogen and oxygen atoms in total. The third-order valence-corrected chi connectivity index (χ3v) is 2.74. The van der Waals surface area contributed by atoms with Crippen molar-refractivity contribution in [1.29, 1.82) is 5.26 Å². The van der Waals surface area contributed by atoms with Crippen molar-refractivity contribution in [2.24, 2.45) is 0 Å². The Morgan fingerprint density at radius 3 is 2.77 bits per heavy atom. The zero-order chi connectivity index (χ0) is 16.2. The number of carbonyl (C=O) groups is 1. The third kappa shape index (κ3) is 3.85. The molecule has 0 aliphatic heterocycles. The fraction of sp³-hybridized carbons (Fsp3) is 0.312. The molecule has 1 aromatic carbocycles. The minimum absolute atomic E-state index is 0.132. The summed E-state index contributed by atoms with van der Waals surface area (Å²) >= 11 is 0. The van der Waals surface area contributed by atoms with Crippen molar-refractivity contribution in [2.45, 2.75) is 32.8 Å². The summed E-state index contributed by atoms with van der Waals surface area (Å²) in [5.74, 6) is 0. The lowest BCUT2D eigenvalue weighted by atomic mass is 10.0. The van der Waals surface area contributed by atoms with E-state index in [-0.39, 0.29) is 6.42 Å². The first-order chi connectivity index (χ1) is 10.4. The zero-order valence-electron chi connectivity index (χ0n) is 12.7. The highest BCUT2D eigenvalue weighted by molar-refractivity contribution is 5.91. The van der Waals surface area contributed by atoms with Gasteiger partial charge in [0.15, 0.2) is 0 Å². The fourth-order valence-electron chi connectivity index (χ4n) is 1.92. The summed E-state index contributed by atoms with van der Waals surface area (Å²) in [5, 5.41) is 15.4. The van der Waals surface area contributed by atoms with Gasteiger partial charge in [-0.25, -0.2) is 4.79 Å². The molecule has 0 radical (unpaired) electrons. The number of hydrogen-bond acceptors (Lipinski definition) is 5. The first-order valence-corrected chi connectivity index (χ1v) is 6.80. The number of carbonyl (C=O) groups excluding carboxylic acids is 1. The van der Waals surface area contributed by atoms with Crippen LogP contribution in [0.5, 0.6) is 0 Å². The van der Waals surface area contributed by atoms with E-state index < -0.39 is 11.7 Å². The topological polar surface area (TPSA) is 88.2 Å². The standard InChI is InChI=1S/C16H17N3O3/c1-16(2,3)22-15(20)18-13-7-5-4-6-11(13)12-10-21-19-14(12)8-9-17/h4-7,10H,8H2,1-3H3,(H,18,20). The lowest BCUT2D eigenvalue weighted by molar-refractivity contribution is 0.0636. The SMILES string of the molecule is CC(C)(C)OC(=O)Nc1ccccc1-c1conc1CC#N. The summed E-state index contributed by atoms with van der Waals surface area (Å²) in [6.07, 6.45) is 1.05. The van der Waals surface area contributed by atoms with Crippen LogP contribution in [0.15, 0.2) is 35.1 Å². The molecule has 0 atom stereocenters. The molecule has 114 valence electrons. The number of nitriles is 1. The number of para-hydroxylation sites is 1. The number of nitrogens with one attached hydrogen (secondary N) is 1. The first-order valence-electron chi connectivity index (χ1n) is 6.80. The Balaban J connectivity index is 2.29. The van der Waals surface area contributed by atoms with E-state index in [1.54, 1.807) is 32.9 Å². The van der Waals surface area contributed by atoms with E-state index in [1.807, 2.05) is 18.2 Å². The molecular formula is C16H17N3O3. The summed E-state index contributed by atoms with van der Waals surface area (Å²) in [7, 11) is 0. The van der Waals surface area contributed by atoms with Crippen LogP contribution >= 0.6 is 0 Å². The minimum Gasteiger partial charge on any atom is -0.444 e. The van der Waals surface area contributed by atoms with Crippen LogP contribution < -0.4 is 5.32 Å². The predicted octanol–water partition coefficient (Wildman–Crippen LogP) is 3.75. The Morgan fingerprint density at radius 1 is 1.36 bits per heavy atom. The van der Waals surface area contributed by atoms with Crippen LogP contribution in [0.4, 0.5) is 10.5 Å². The molecule has 6 heteroatoms. The number of hydrogen-bond donors (Lipinski definition) is 1. The van der Waals surface area contributed by atoms with Crippen LogP contribution in [0.2, 0.25) is 0 Å². The van der Waals surface area contributed by atoms with Gasteiger partial charge >= 0.3 is 6.09 Å². The summed E-state index contributed by atoms with van der Waals surface area (Å²) in [4.78, 5) is 11.9. The Morgan fingerprint density at radius 2 is 2.09 bits per heavy atom. The number of rotatable bonds is 3. The highest BCUT2D eigenvalue weighted by Crippen LogP contribution is 2.30. The molecule has 0 aliphatic rings. The second-order valence-electron chi connectivity index (χ2n) is 5.68. The van der Waals surface area contributed by atoms with Crippen LogP contribution in [-0.2, 0) is 11.2 Å². The summed E-state index contributed by atoms with van der Waals surface area (Å²) in [6, 6.07) is 9.24. The highest BCUT2D eigenvalue weighted by Gasteiger charge is 2.19.